The highest BCUT2D eigenvalue weighted by molar-refractivity contribution is 7.17. The van der Waals surface area contributed by atoms with Gasteiger partial charge in [-0.25, -0.2) is 0 Å². The molecule has 0 unspecified atom stereocenters. The molecule has 2 aromatic heterocycles. The molecule has 0 saturated heterocycles. The summed E-state index contributed by atoms with van der Waals surface area (Å²) in [5.74, 6) is -0.912. The summed E-state index contributed by atoms with van der Waals surface area (Å²) in [5, 5.41) is 21.1. The van der Waals surface area contributed by atoms with Crippen molar-refractivity contribution in [3.05, 3.63) is 27.4 Å². The van der Waals surface area contributed by atoms with Crippen molar-refractivity contribution in [2.24, 2.45) is 0 Å². The van der Waals surface area contributed by atoms with Crippen molar-refractivity contribution < 1.29 is 24.6 Å². The minimum atomic E-state index is -0.674. The molecule has 0 saturated carbocycles. The zero-order chi connectivity index (χ0) is 18.0. The molecule has 0 bridgehead atoms. The smallest absolute Gasteiger partial charge is 0.300 e. The number of pyridine rings is 1. The zero-order valence-electron chi connectivity index (χ0n) is 13.3. The van der Waals surface area contributed by atoms with Crippen LogP contribution in [0.5, 0.6) is 5.75 Å². The summed E-state index contributed by atoms with van der Waals surface area (Å²) in [5.41, 5.74) is -0.529. The highest BCUT2D eigenvalue weighted by Crippen LogP contribution is 2.30. The lowest BCUT2D eigenvalue weighted by atomic mass is 10.2. The predicted molar refractivity (Wildman–Crippen MR) is 88.3 cm³/mol. The first-order valence-electron chi connectivity index (χ1n) is 6.79. The number of hydrogen-bond donors (Lipinski definition) is 3. The zero-order valence-corrected chi connectivity index (χ0v) is 14.1. The van der Waals surface area contributed by atoms with Crippen molar-refractivity contribution >= 4 is 33.9 Å². The molecule has 2 aromatic rings. The van der Waals surface area contributed by atoms with E-state index in [1.54, 1.807) is 18.4 Å². The molecule has 2 heterocycles. The van der Waals surface area contributed by atoms with E-state index in [0.717, 1.165) is 4.73 Å². The third-order valence-electron chi connectivity index (χ3n) is 2.46. The number of rotatable bonds is 3. The van der Waals surface area contributed by atoms with E-state index in [1.807, 2.05) is 13.8 Å². The van der Waals surface area contributed by atoms with Gasteiger partial charge in [-0.05, 0) is 18.4 Å². The van der Waals surface area contributed by atoms with Gasteiger partial charge in [0.25, 0.3) is 17.9 Å². The Morgan fingerprint density at radius 1 is 1.48 bits per heavy atom. The number of carbonyl (C=O) groups excluding carboxylic acids is 1. The summed E-state index contributed by atoms with van der Waals surface area (Å²) in [6.07, 6.45) is 0. The Balaban J connectivity index is 0.000000868. The number of carbonyl (C=O) groups is 2. The fraction of sp³-hybridized carbons (Fsp3) is 0.357. The van der Waals surface area contributed by atoms with Crippen molar-refractivity contribution in [2.75, 3.05) is 13.7 Å². The molecule has 0 fully saturated rings. The summed E-state index contributed by atoms with van der Waals surface area (Å²) in [7, 11) is 1.33. The summed E-state index contributed by atoms with van der Waals surface area (Å²) in [4.78, 5) is 37.2. The highest BCUT2D eigenvalue weighted by Gasteiger charge is 2.22. The van der Waals surface area contributed by atoms with E-state index in [0.29, 0.717) is 16.8 Å². The van der Waals surface area contributed by atoms with Gasteiger partial charge in [0.05, 0.1) is 4.70 Å². The number of nitrogens with one attached hydrogen (secondary N) is 1. The second-order valence-corrected chi connectivity index (χ2v) is 4.52. The average molecular weight is 344 g/mol. The molecule has 0 aliphatic heterocycles. The number of hydrogen-bond acceptors (Lipinski definition) is 6. The van der Waals surface area contributed by atoms with Crippen molar-refractivity contribution in [1.29, 1.82) is 0 Å². The van der Waals surface area contributed by atoms with Crippen LogP contribution in [-0.2, 0) is 4.79 Å². The number of thiophene rings is 1. The van der Waals surface area contributed by atoms with E-state index in [2.05, 4.69) is 5.32 Å². The minimum absolute atomic E-state index is 0.250. The molecule has 0 atom stereocenters. The van der Waals surface area contributed by atoms with Crippen LogP contribution in [0, 0.1) is 0 Å². The fourth-order valence-corrected chi connectivity index (χ4v) is 2.52. The van der Waals surface area contributed by atoms with E-state index in [4.69, 9.17) is 14.7 Å². The number of amides is 1. The third kappa shape index (κ3) is 4.46. The van der Waals surface area contributed by atoms with Gasteiger partial charge in [-0.3, -0.25) is 14.4 Å². The largest absolute Gasteiger partial charge is 0.505 e. The summed E-state index contributed by atoms with van der Waals surface area (Å²) >= 11 is 1.23. The maximum absolute atomic E-state index is 12.1. The maximum atomic E-state index is 12.1. The van der Waals surface area contributed by atoms with Crippen LogP contribution in [0.15, 0.2) is 16.2 Å². The molecular weight excluding hydrogens is 324 g/mol. The summed E-state index contributed by atoms with van der Waals surface area (Å²) in [6.45, 7) is 5.85. The molecule has 0 aromatic carbocycles. The molecule has 1 amide bonds. The molecule has 0 spiro atoms. The van der Waals surface area contributed by atoms with Crippen LogP contribution >= 0.6 is 11.3 Å². The second-order valence-electron chi connectivity index (χ2n) is 3.61. The summed E-state index contributed by atoms with van der Waals surface area (Å²) < 4.78 is 1.44. The normalized spacial score (nSPS) is 9.04. The Bertz CT molecular complexity index is 707. The van der Waals surface area contributed by atoms with Crippen LogP contribution in [0.3, 0.4) is 0 Å². The standard InChI is InChI=1S/C11H12N2O4S.C2H6.CH2O2/c1-3-12-10(15)7-8(14)9-6(4-5-18-9)13(17-2)11(7)16;1-2;2-1-3/h4-5,14H,3H2,1-2H3,(H,12,15);1-2H3;1H,(H,2,3). The topological polar surface area (TPSA) is 118 Å². The van der Waals surface area contributed by atoms with Crippen LogP contribution in [0.2, 0.25) is 0 Å². The number of aromatic nitrogens is 1. The maximum Gasteiger partial charge on any atom is 0.300 e. The van der Waals surface area contributed by atoms with Crippen LogP contribution in [0.4, 0.5) is 0 Å². The Labute approximate surface area is 136 Å². The van der Waals surface area contributed by atoms with E-state index in [-0.39, 0.29) is 17.8 Å². The van der Waals surface area contributed by atoms with Crippen molar-refractivity contribution in [2.45, 2.75) is 20.8 Å². The molecule has 0 radical (unpaired) electrons. The first-order valence-corrected chi connectivity index (χ1v) is 7.67. The highest BCUT2D eigenvalue weighted by atomic mass is 32.1. The Hall–Kier alpha value is -2.55. The Kier molecular flexibility index (Phi) is 9.09. The molecule has 9 heteroatoms. The number of aromatic hydroxyl groups is 1. The van der Waals surface area contributed by atoms with Gasteiger partial charge >= 0.3 is 0 Å². The van der Waals surface area contributed by atoms with Crippen molar-refractivity contribution in [1.82, 2.24) is 10.0 Å². The molecule has 128 valence electrons. The van der Waals surface area contributed by atoms with Gasteiger partial charge in [0.2, 0.25) is 0 Å². The summed E-state index contributed by atoms with van der Waals surface area (Å²) in [6, 6.07) is 1.64. The SMILES string of the molecule is CC.CCNC(=O)c1c(O)c2sccc2n(OC)c1=O.O=CO. The molecule has 3 N–H and O–H groups in total. The van der Waals surface area contributed by atoms with E-state index >= 15 is 0 Å². The first-order chi connectivity index (χ1) is 11.0. The van der Waals surface area contributed by atoms with Crippen molar-refractivity contribution in [3.63, 3.8) is 0 Å². The van der Waals surface area contributed by atoms with Crippen LogP contribution in [-0.4, -0.2) is 41.0 Å². The molecule has 0 aliphatic carbocycles. The van der Waals surface area contributed by atoms with Crippen molar-refractivity contribution in [3.8, 4) is 5.75 Å². The van der Waals surface area contributed by atoms with Crippen LogP contribution < -0.4 is 15.7 Å². The third-order valence-corrected chi connectivity index (χ3v) is 3.37. The first kappa shape index (κ1) is 20.5. The van der Waals surface area contributed by atoms with Gasteiger partial charge < -0.3 is 20.4 Å². The molecule has 2 rings (SSSR count). The fourth-order valence-electron chi connectivity index (χ4n) is 1.70. The van der Waals surface area contributed by atoms with E-state index < -0.39 is 11.5 Å². The predicted octanol–water partition coefficient (Wildman–Crippen LogP) is 1.30. The molecule has 0 aliphatic rings. The van der Waals surface area contributed by atoms with Gasteiger partial charge in [-0.2, -0.15) is 0 Å². The van der Waals surface area contributed by atoms with Crippen LogP contribution in [0.25, 0.3) is 10.2 Å². The van der Waals surface area contributed by atoms with Gasteiger partial charge in [-0.15, -0.1) is 16.1 Å². The molecule has 23 heavy (non-hydrogen) atoms. The Morgan fingerprint density at radius 2 is 2.04 bits per heavy atom. The molecular formula is C14H20N2O6S. The monoisotopic (exact) mass is 344 g/mol. The van der Waals surface area contributed by atoms with Gasteiger partial charge in [0.15, 0.2) is 11.3 Å². The number of nitrogens with zero attached hydrogens (tertiary/aromatic N) is 1. The Morgan fingerprint density at radius 3 is 2.52 bits per heavy atom. The van der Waals surface area contributed by atoms with E-state index in [9.17, 15) is 14.7 Å². The second kappa shape index (κ2) is 10.2. The van der Waals surface area contributed by atoms with Gasteiger partial charge in [0, 0.05) is 6.54 Å². The van der Waals surface area contributed by atoms with Crippen LogP contribution in [0.1, 0.15) is 31.1 Å². The number of carboxylic acid groups (broad SMARTS) is 1. The lowest BCUT2D eigenvalue weighted by Gasteiger charge is -2.10. The van der Waals surface area contributed by atoms with E-state index in [1.165, 1.54) is 18.4 Å². The minimum Gasteiger partial charge on any atom is -0.505 e. The van der Waals surface area contributed by atoms with Gasteiger partial charge in [-0.1, -0.05) is 13.8 Å². The van der Waals surface area contributed by atoms with Gasteiger partial charge in [0.1, 0.15) is 12.6 Å². The average Bonchev–Trinajstić information content (AvgIpc) is 3.00. The lowest BCUT2D eigenvalue weighted by molar-refractivity contribution is -0.122. The molecule has 8 nitrogen and oxygen atoms in total. The lowest BCUT2D eigenvalue weighted by Crippen LogP contribution is -2.34. The quantitative estimate of drug-likeness (QED) is 0.723. The number of fused-ring (bicyclic) bond motifs is 1.